The van der Waals surface area contributed by atoms with Gasteiger partial charge < -0.3 is 4.74 Å². The molecule has 5 heteroatoms. The zero-order valence-corrected chi connectivity index (χ0v) is 21.7. The fraction of sp³-hybridized carbons (Fsp3) is 0.613. The standard InChI is InChI=1S/C31H40F4O/c1-3-5-6-7-20-8-10-21(11-9-20)24-16-17-25(29(33)28(24)32)22-12-14-23(15-13-22)26-18-19-27(36-4-2)31(35)30(26)34/h16-23H,3-15H2,1-2H3. The first-order valence-electron chi connectivity index (χ1n) is 14.0. The van der Waals surface area contributed by atoms with E-state index in [1.54, 1.807) is 19.1 Å². The Morgan fingerprint density at radius 3 is 1.53 bits per heavy atom. The number of hydrogen-bond acceptors (Lipinski definition) is 1. The Morgan fingerprint density at radius 2 is 1.06 bits per heavy atom. The SMILES string of the molecule is CCCCCC1CCC(c2ccc(C3CCC(c4ccc(OCC)c(F)c4F)CC3)c(F)c2F)CC1. The summed E-state index contributed by atoms with van der Waals surface area (Å²) in [6.45, 7) is 4.20. The molecule has 0 atom stereocenters. The molecule has 0 radical (unpaired) electrons. The van der Waals surface area contributed by atoms with Crippen molar-refractivity contribution in [1.82, 2.24) is 0 Å². The highest BCUT2D eigenvalue weighted by atomic mass is 19.2. The number of halogens is 4. The molecular formula is C31H40F4O. The second-order valence-corrected chi connectivity index (χ2v) is 10.8. The van der Waals surface area contributed by atoms with Crippen LogP contribution in [-0.2, 0) is 0 Å². The lowest BCUT2D eigenvalue weighted by atomic mass is 9.74. The van der Waals surface area contributed by atoms with Crippen molar-refractivity contribution in [3.8, 4) is 5.75 Å². The summed E-state index contributed by atoms with van der Waals surface area (Å²) in [5.41, 5.74) is 1.31. The minimum atomic E-state index is -0.949. The molecule has 2 aromatic rings. The molecule has 2 aliphatic rings. The van der Waals surface area contributed by atoms with Gasteiger partial charge in [-0.3, -0.25) is 0 Å². The largest absolute Gasteiger partial charge is 0.491 e. The molecular weight excluding hydrogens is 464 g/mol. The van der Waals surface area contributed by atoms with Crippen molar-refractivity contribution < 1.29 is 22.3 Å². The zero-order valence-electron chi connectivity index (χ0n) is 21.7. The second-order valence-electron chi connectivity index (χ2n) is 10.8. The third kappa shape index (κ3) is 5.92. The molecule has 2 aromatic carbocycles. The van der Waals surface area contributed by atoms with Crippen LogP contribution in [0, 0.1) is 29.2 Å². The first kappa shape index (κ1) is 27.0. The first-order valence-corrected chi connectivity index (χ1v) is 14.0. The van der Waals surface area contributed by atoms with Gasteiger partial charge in [0.1, 0.15) is 0 Å². The van der Waals surface area contributed by atoms with Crippen LogP contribution >= 0.6 is 0 Å². The predicted molar refractivity (Wildman–Crippen MR) is 137 cm³/mol. The summed E-state index contributed by atoms with van der Waals surface area (Å²) in [4.78, 5) is 0. The van der Waals surface area contributed by atoms with Gasteiger partial charge in [-0.2, -0.15) is 4.39 Å². The van der Waals surface area contributed by atoms with Crippen molar-refractivity contribution in [2.24, 2.45) is 5.92 Å². The van der Waals surface area contributed by atoms with E-state index in [-0.39, 0.29) is 30.1 Å². The minimum Gasteiger partial charge on any atom is -0.491 e. The topological polar surface area (TPSA) is 9.23 Å². The van der Waals surface area contributed by atoms with E-state index >= 15 is 8.78 Å². The summed E-state index contributed by atoms with van der Waals surface area (Å²) in [6.07, 6.45) is 11.6. The molecule has 0 unspecified atom stereocenters. The summed E-state index contributed by atoms with van der Waals surface area (Å²) in [7, 11) is 0. The lowest BCUT2D eigenvalue weighted by molar-refractivity contribution is 0.297. The molecule has 1 nitrogen and oxygen atoms in total. The van der Waals surface area contributed by atoms with Crippen LogP contribution in [0.15, 0.2) is 24.3 Å². The van der Waals surface area contributed by atoms with E-state index in [1.807, 2.05) is 6.07 Å². The van der Waals surface area contributed by atoms with Crippen LogP contribution in [0.2, 0.25) is 0 Å². The smallest absolute Gasteiger partial charge is 0.200 e. The van der Waals surface area contributed by atoms with Gasteiger partial charge in [0.15, 0.2) is 23.2 Å². The van der Waals surface area contributed by atoms with Crippen LogP contribution in [-0.4, -0.2) is 6.61 Å². The van der Waals surface area contributed by atoms with E-state index in [9.17, 15) is 8.78 Å². The fourth-order valence-electron chi connectivity index (χ4n) is 6.50. The van der Waals surface area contributed by atoms with Crippen LogP contribution in [0.25, 0.3) is 0 Å². The molecule has 0 N–H and O–H groups in total. The van der Waals surface area contributed by atoms with Crippen LogP contribution < -0.4 is 4.74 Å². The molecule has 0 aliphatic heterocycles. The van der Waals surface area contributed by atoms with Gasteiger partial charge in [-0.1, -0.05) is 50.8 Å². The van der Waals surface area contributed by atoms with Gasteiger partial charge in [0.25, 0.3) is 0 Å². The van der Waals surface area contributed by atoms with E-state index < -0.39 is 23.3 Å². The van der Waals surface area contributed by atoms with Crippen LogP contribution in [0.5, 0.6) is 5.75 Å². The lowest BCUT2D eigenvalue weighted by Crippen LogP contribution is -2.17. The number of unbranched alkanes of at least 4 members (excludes halogenated alkanes) is 2. The highest BCUT2D eigenvalue weighted by Crippen LogP contribution is 2.45. The molecule has 2 fully saturated rings. The Bertz CT molecular complexity index is 1000. The zero-order chi connectivity index (χ0) is 25.7. The number of benzene rings is 2. The van der Waals surface area contributed by atoms with Crippen molar-refractivity contribution in [3.05, 3.63) is 64.2 Å². The van der Waals surface area contributed by atoms with Gasteiger partial charge in [0.05, 0.1) is 6.61 Å². The highest BCUT2D eigenvalue weighted by Gasteiger charge is 2.31. The van der Waals surface area contributed by atoms with Crippen LogP contribution in [0.1, 0.15) is 125 Å². The molecule has 2 aliphatic carbocycles. The Hall–Kier alpha value is -2.04. The molecule has 0 aromatic heterocycles. The van der Waals surface area contributed by atoms with E-state index in [2.05, 4.69) is 6.92 Å². The van der Waals surface area contributed by atoms with Crippen LogP contribution in [0.4, 0.5) is 17.6 Å². The number of hydrogen-bond donors (Lipinski definition) is 0. The lowest BCUT2D eigenvalue weighted by Gasteiger charge is -2.31. The van der Waals surface area contributed by atoms with Gasteiger partial charge >= 0.3 is 0 Å². The summed E-state index contributed by atoms with van der Waals surface area (Å²) in [6, 6.07) is 6.67. The predicted octanol–water partition coefficient (Wildman–Crippen LogP) is 9.94. The normalized spacial score (nSPS) is 24.6. The van der Waals surface area contributed by atoms with E-state index in [0.717, 1.165) is 31.6 Å². The molecule has 0 bridgehead atoms. The summed E-state index contributed by atoms with van der Waals surface area (Å²) >= 11 is 0. The Kier molecular flexibility index (Phi) is 9.35. The maximum atomic E-state index is 15.2. The maximum absolute atomic E-state index is 15.2. The highest BCUT2D eigenvalue weighted by molar-refractivity contribution is 5.35. The molecule has 2 saturated carbocycles. The summed E-state index contributed by atoms with van der Waals surface area (Å²) < 4.78 is 64.6. The number of rotatable bonds is 9. The Morgan fingerprint density at radius 1 is 0.611 bits per heavy atom. The van der Waals surface area contributed by atoms with Crippen molar-refractivity contribution in [2.75, 3.05) is 6.61 Å². The molecule has 0 heterocycles. The second kappa shape index (κ2) is 12.5. The average molecular weight is 505 g/mol. The molecule has 0 spiro atoms. The maximum Gasteiger partial charge on any atom is 0.200 e. The quantitative estimate of drug-likeness (QED) is 0.244. The monoisotopic (exact) mass is 504 g/mol. The van der Waals surface area contributed by atoms with E-state index in [4.69, 9.17) is 4.74 Å². The third-order valence-corrected chi connectivity index (χ3v) is 8.63. The summed E-state index contributed by atoms with van der Waals surface area (Å²) in [5.74, 6) is -2.67. The van der Waals surface area contributed by atoms with Crippen molar-refractivity contribution in [3.63, 3.8) is 0 Å². The average Bonchev–Trinajstić information content (AvgIpc) is 2.90. The Labute approximate surface area is 213 Å². The van der Waals surface area contributed by atoms with Gasteiger partial charge in [-0.25, -0.2) is 13.2 Å². The molecule has 0 saturated heterocycles. The fourth-order valence-corrected chi connectivity index (χ4v) is 6.50. The van der Waals surface area contributed by atoms with Gasteiger partial charge in [-0.05, 0) is 105 Å². The minimum absolute atomic E-state index is 0.0740. The van der Waals surface area contributed by atoms with Crippen molar-refractivity contribution in [2.45, 2.75) is 109 Å². The van der Waals surface area contributed by atoms with Gasteiger partial charge in [-0.15, -0.1) is 0 Å². The molecule has 198 valence electrons. The third-order valence-electron chi connectivity index (χ3n) is 8.63. The van der Waals surface area contributed by atoms with E-state index in [1.165, 1.54) is 31.7 Å². The van der Waals surface area contributed by atoms with Crippen molar-refractivity contribution in [1.29, 1.82) is 0 Å². The van der Waals surface area contributed by atoms with Crippen LogP contribution in [0.3, 0.4) is 0 Å². The molecule has 4 rings (SSSR count). The Balaban J connectivity index is 1.38. The molecule has 36 heavy (non-hydrogen) atoms. The molecule has 0 amide bonds. The summed E-state index contributed by atoms with van der Waals surface area (Å²) in [5, 5.41) is 0. The van der Waals surface area contributed by atoms with Gasteiger partial charge in [0, 0.05) is 0 Å². The van der Waals surface area contributed by atoms with E-state index in [0.29, 0.717) is 42.4 Å². The van der Waals surface area contributed by atoms with Crippen molar-refractivity contribution >= 4 is 0 Å². The first-order chi connectivity index (χ1) is 17.4. The van der Waals surface area contributed by atoms with Gasteiger partial charge in [0.2, 0.25) is 5.82 Å². The number of ether oxygens (including phenoxy) is 1.